The van der Waals surface area contributed by atoms with Crippen molar-refractivity contribution in [1.82, 2.24) is 5.32 Å². The molecule has 0 saturated heterocycles. The van der Waals surface area contributed by atoms with E-state index in [1.165, 1.54) is 11.1 Å². The monoisotopic (exact) mass is 201 g/mol. The van der Waals surface area contributed by atoms with Gasteiger partial charge in [0.2, 0.25) is 0 Å². The maximum atomic E-state index is 3.33. The molecule has 1 N–H and O–H groups in total. The molecule has 1 aliphatic carbocycles. The van der Waals surface area contributed by atoms with Crippen LogP contribution in [0, 0.1) is 6.92 Å². The minimum absolute atomic E-state index is 0.306. The minimum atomic E-state index is 0.306. The van der Waals surface area contributed by atoms with E-state index in [-0.39, 0.29) is 0 Å². The fourth-order valence-electron chi connectivity index (χ4n) is 2.50. The summed E-state index contributed by atoms with van der Waals surface area (Å²) in [4.78, 5) is 0. The van der Waals surface area contributed by atoms with E-state index in [1.54, 1.807) is 0 Å². The fourth-order valence-corrected chi connectivity index (χ4v) is 2.50. The number of allylic oxidation sites excluding steroid dienone is 2. The molecular weight excluding hydrogens is 182 g/mol. The maximum absolute atomic E-state index is 3.33. The Hall–Kier alpha value is -1.08. The molecule has 1 aliphatic rings. The Kier molecular flexibility index (Phi) is 2.92. The van der Waals surface area contributed by atoms with Gasteiger partial charge in [0, 0.05) is 12.0 Å². The van der Waals surface area contributed by atoms with Crippen molar-refractivity contribution in [3.63, 3.8) is 0 Å². The first-order valence-corrected chi connectivity index (χ1v) is 5.64. The molecule has 80 valence electrons. The second-order valence-electron chi connectivity index (χ2n) is 4.56. The third-order valence-corrected chi connectivity index (χ3v) is 3.33. The van der Waals surface area contributed by atoms with Crippen LogP contribution < -0.4 is 5.32 Å². The van der Waals surface area contributed by atoms with Gasteiger partial charge in [-0.3, -0.25) is 0 Å². The number of aryl methyl sites for hydroxylation is 1. The number of hydrogen-bond donors (Lipinski definition) is 1. The summed E-state index contributed by atoms with van der Waals surface area (Å²) in [6.07, 6.45) is 6.94. The topological polar surface area (TPSA) is 12.0 Å². The number of rotatable bonds is 3. The van der Waals surface area contributed by atoms with Crippen LogP contribution >= 0.6 is 0 Å². The van der Waals surface area contributed by atoms with Crippen molar-refractivity contribution >= 4 is 0 Å². The molecule has 0 atom stereocenters. The minimum Gasteiger partial charge on any atom is -0.319 e. The van der Waals surface area contributed by atoms with Crippen molar-refractivity contribution in [2.45, 2.75) is 25.2 Å². The summed E-state index contributed by atoms with van der Waals surface area (Å²) in [6, 6.07) is 8.92. The van der Waals surface area contributed by atoms with Crippen molar-refractivity contribution in [2.24, 2.45) is 0 Å². The van der Waals surface area contributed by atoms with E-state index in [4.69, 9.17) is 0 Å². The molecule has 0 radical (unpaired) electrons. The third kappa shape index (κ3) is 1.98. The highest BCUT2D eigenvalue weighted by molar-refractivity contribution is 5.33. The van der Waals surface area contributed by atoms with Crippen LogP contribution in [0.2, 0.25) is 0 Å². The van der Waals surface area contributed by atoms with E-state index in [1.807, 2.05) is 7.05 Å². The second kappa shape index (κ2) is 4.19. The molecule has 0 spiro atoms. The quantitative estimate of drug-likeness (QED) is 0.741. The summed E-state index contributed by atoms with van der Waals surface area (Å²) in [6.45, 7) is 3.22. The van der Waals surface area contributed by atoms with E-state index in [0.717, 1.165) is 19.4 Å². The van der Waals surface area contributed by atoms with Gasteiger partial charge in [0.1, 0.15) is 0 Å². The summed E-state index contributed by atoms with van der Waals surface area (Å²) < 4.78 is 0. The molecule has 0 heterocycles. The average molecular weight is 201 g/mol. The van der Waals surface area contributed by atoms with Gasteiger partial charge in [0.15, 0.2) is 0 Å². The van der Waals surface area contributed by atoms with E-state index < -0.39 is 0 Å². The normalized spacial score (nSPS) is 18.3. The first-order valence-electron chi connectivity index (χ1n) is 5.64. The summed E-state index contributed by atoms with van der Waals surface area (Å²) >= 11 is 0. The Bertz CT molecular complexity index is 357. The van der Waals surface area contributed by atoms with E-state index in [2.05, 4.69) is 48.7 Å². The van der Waals surface area contributed by atoms with Crippen LogP contribution in [0.1, 0.15) is 24.0 Å². The largest absolute Gasteiger partial charge is 0.319 e. The zero-order valence-corrected chi connectivity index (χ0v) is 9.59. The molecule has 1 nitrogen and oxygen atoms in total. The summed E-state index contributed by atoms with van der Waals surface area (Å²) in [5.74, 6) is 0. The summed E-state index contributed by atoms with van der Waals surface area (Å²) in [5.41, 5.74) is 3.14. The molecule has 1 aromatic rings. The Morgan fingerprint density at radius 2 is 2.00 bits per heavy atom. The molecule has 0 amide bonds. The fraction of sp³-hybridized carbons (Fsp3) is 0.429. The van der Waals surface area contributed by atoms with Gasteiger partial charge >= 0.3 is 0 Å². The molecule has 15 heavy (non-hydrogen) atoms. The molecule has 0 aliphatic heterocycles. The summed E-state index contributed by atoms with van der Waals surface area (Å²) in [5, 5.41) is 3.33. The number of benzene rings is 1. The molecule has 2 rings (SSSR count). The van der Waals surface area contributed by atoms with Gasteiger partial charge in [0.05, 0.1) is 0 Å². The molecular formula is C14H19N. The van der Waals surface area contributed by atoms with Crippen LogP contribution in [0.5, 0.6) is 0 Å². The van der Waals surface area contributed by atoms with E-state index in [9.17, 15) is 0 Å². The van der Waals surface area contributed by atoms with Crippen molar-refractivity contribution < 1.29 is 0 Å². The lowest BCUT2D eigenvalue weighted by Gasteiger charge is -2.29. The zero-order chi connectivity index (χ0) is 10.7. The van der Waals surface area contributed by atoms with Gasteiger partial charge in [-0.1, -0.05) is 42.0 Å². The molecule has 0 fully saturated rings. The predicted octanol–water partition coefficient (Wildman–Crippen LogP) is 2.80. The van der Waals surface area contributed by atoms with Crippen LogP contribution in [0.4, 0.5) is 0 Å². The molecule has 0 bridgehead atoms. The van der Waals surface area contributed by atoms with Crippen molar-refractivity contribution in [2.75, 3.05) is 13.6 Å². The van der Waals surface area contributed by atoms with Crippen LogP contribution in [0.3, 0.4) is 0 Å². The van der Waals surface area contributed by atoms with Crippen molar-refractivity contribution in [1.29, 1.82) is 0 Å². The SMILES string of the molecule is CNCC1(c2cccc(C)c2)CC=CC1. The molecule has 1 heteroatoms. The molecule has 1 aromatic carbocycles. The molecule has 0 saturated carbocycles. The van der Waals surface area contributed by atoms with Gasteiger partial charge in [-0.25, -0.2) is 0 Å². The molecule has 0 aromatic heterocycles. The van der Waals surface area contributed by atoms with Gasteiger partial charge in [-0.05, 0) is 32.4 Å². The highest BCUT2D eigenvalue weighted by atomic mass is 14.8. The first kappa shape index (κ1) is 10.4. The van der Waals surface area contributed by atoms with Gasteiger partial charge in [0.25, 0.3) is 0 Å². The zero-order valence-electron chi connectivity index (χ0n) is 9.59. The Morgan fingerprint density at radius 1 is 1.27 bits per heavy atom. The Labute approximate surface area is 92.2 Å². The first-order chi connectivity index (χ1) is 7.27. The van der Waals surface area contributed by atoms with Crippen molar-refractivity contribution in [3.05, 3.63) is 47.5 Å². The lowest BCUT2D eigenvalue weighted by molar-refractivity contribution is 0.436. The second-order valence-corrected chi connectivity index (χ2v) is 4.56. The number of hydrogen-bond acceptors (Lipinski definition) is 1. The van der Waals surface area contributed by atoms with E-state index >= 15 is 0 Å². The van der Waals surface area contributed by atoms with Crippen molar-refractivity contribution in [3.8, 4) is 0 Å². The maximum Gasteiger partial charge on any atom is 0.0146 e. The summed E-state index contributed by atoms with van der Waals surface area (Å²) in [7, 11) is 2.04. The Morgan fingerprint density at radius 3 is 2.60 bits per heavy atom. The highest BCUT2D eigenvalue weighted by Crippen LogP contribution is 2.36. The van der Waals surface area contributed by atoms with Crippen LogP contribution in [-0.2, 0) is 5.41 Å². The van der Waals surface area contributed by atoms with Gasteiger partial charge in [-0.2, -0.15) is 0 Å². The predicted molar refractivity (Wildman–Crippen MR) is 65.2 cm³/mol. The van der Waals surface area contributed by atoms with Crippen LogP contribution in [-0.4, -0.2) is 13.6 Å². The van der Waals surface area contributed by atoms with Gasteiger partial charge < -0.3 is 5.32 Å². The Balaban J connectivity index is 2.32. The number of likely N-dealkylation sites (N-methyl/N-ethyl adjacent to an activating group) is 1. The van der Waals surface area contributed by atoms with E-state index in [0.29, 0.717) is 5.41 Å². The average Bonchev–Trinajstić information content (AvgIpc) is 2.68. The van der Waals surface area contributed by atoms with Crippen LogP contribution in [0.15, 0.2) is 36.4 Å². The highest BCUT2D eigenvalue weighted by Gasteiger charge is 2.31. The van der Waals surface area contributed by atoms with Gasteiger partial charge in [-0.15, -0.1) is 0 Å². The lowest BCUT2D eigenvalue weighted by atomic mass is 9.78. The number of nitrogens with one attached hydrogen (secondary N) is 1. The standard InChI is InChI=1S/C14H19N/c1-12-6-5-7-13(10-12)14(11-15-2)8-3-4-9-14/h3-7,10,15H,8-9,11H2,1-2H3. The molecule has 0 unspecified atom stereocenters. The lowest BCUT2D eigenvalue weighted by Crippen LogP contribution is -2.34. The smallest absolute Gasteiger partial charge is 0.0146 e. The van der Waals surface area contributed by atoms with Crippen LogP contribution in [0.25, 0.3) is 0 Å². The third-order valence-electron chi connectivity index (χ3n) is 3.33.